The summed E-state index contributed by atoms with van der Waals surface area (Å²) in [5, 5.41) is 0. The predicted octanol–water partition coefficient (Wildman–Crippen LogP) is 9.91. The molecule has 0 amide bonds. The molecule has 1 aliphatic rings. The Hall–Kier alpha value is -3.80. The van der Waals surface area contributed by atoms with Crippen LogP contribution in [0.5, 0.6) is 0 Å². The molecule has 0 bridgehead atoms. The van der Waals surface area contributed by atoms with E-state index in [1.165, 1.54) is 83.7 Å². The van der Waals surface area contributed by atoms with Gasteiger partial charge in [0.05, 0.1) is 0 Å². The minimum absolute atomic E-state index is 0.164. The van der Waals surface area contributed by atoms with Gasteiger partial charge in [-0.3, -0.25) is 0 Å². The molecule has 0 spiro atoms. The molecule has 0 radical (unpaired) electrons. The quantitative estimate of drug-likeness (QED) is 0.139. The van der Waals surface area contributed by atoms with Crippen LogP contribution >= 0.6 is 0 Å². The Morgan fingerprint density at radius 3 is 1.49 bits per heavy atom. The standard InChI is InChI=1S/C38H29.Zr/c1-28-26-33-24-14-15-25-34(33)36(28)38(32-22-12-5-13-23-32)37(31-20-10-4-11-21-31)35(30-18-8-3-9-19-30)27-29-16-6-2-7-17-29;/h2-26,36H,1H3;. The van der Waals surface area contributed by atoms with Crippen molar-refractivity contribution in [1.29, 1.82) is 0 Å². The first-order chi connectivity index (χ1) is 19.2. The molecule has 0 aliphatic heterocycles. The van der Waals surface area contributed by atoms with E-state index in [1.807, 2.05) is 0 Å². The molecule has 185 valence electrons. The Bertz CT molecular complexity index is 1680. The van der Waals surface area contributed by atoms with Gasteiger partial charge in [-0.1, -0.05) is 0 Å². The van der Waals surface area contributed by atoms with Crippen LogP contribution < -0.4 is 0 Å². The molecule has 0 saturated carbocycles. The van der Waals surface area contributed by atoms with E-state index >= 15 is 0 Å². The molecule has 0 N–H and O–H groups in total. The second-order valence-corrected chi connectivity index (χ2v) is 11.2. The van der Waals surface area contributed by atoms with Crippen LogP contribution in [0.15, 0.2) is 151 Å². The van der Waals surface area contributed by atoms with Crippen molar-refractivity contribution < 1.29 is 24.7 Å². The maximum absolute atomic E-state index is 2.37. The van der Waals surface area contributed by atoms with E-state index in [0.717, 1.165) is 0 Å². The molecule has 0 heterocycles. The molecule has 1 unspecified atom stereocenters. The fourth-order valence-corrected chi connectivity index (χ4v) is 6.81. The molecule has 6 rings (SSSR count). The Morgan fingerprint density at radius 2 is 0.923 bits per heavy atom. The molecule has 5 aromatic rings. The van der Waals surface area contributed by atoms with Crippen LogP contribution in [0.2, 0.25) is 0 Å². The Labute approximate surface area is 246 Å². The number of hydrogen-bond donors (Lipinski definition) is 0. The Morgan fingerprint density at radius 1 is 0.487 bits per heavy atom. The van der Waals surface area contributed by atoms with Crippen LogP contribution in [0.4, 0.5) is 0 Å². The van der Waals surface area contributed by atoms with Gasteiger partial charge in [0, 0.05) is 0 Å². The van der Waals surface area contributed by atoms with Gasteiger partial charge in [0.2, 0.25) is 0 Å². The number of rotatable bonds is 6. The molecule has 39 heavy (non-hydrogen) atoms. The topological polar surface area (TPSA) is 0 Å². The Balaban J connectivity index is 1.79. The summed E-state index contributed by atoms with van der Waals surface area (Å²) in [5.41, 5.74) is 13.1. The van der Waals surface area contributed by atoms with E-state index in [4.69, 9.17) is 0 Å². The van der Waals surface area contributed by atoms with E-state index in [1.54, 1.807) is 0 Å². The van der Waals surface area contributed by atoms with Crippen molar-refractivity contribution in [3.8, 4) is 0 Å². The zero-order valence-electron chi connectivity index (χ0n) is 22.0. The normalized spacial score (nSPS) is 15.6. The van der Waals surface area contributed by atoms with Gasteiger partial charge in [0.15, 0.2) is 0 Å². The van der Waals surface area contributed by atoms with Gasteiger partial charge in [-0.2, -0.15) is 0 Å². The number of benzene rings is 5. The Kier molecular flexibility index (Phi) is 7.53. The molecule has 1 heteroatoms. The van der Waals surface area contributed by atoms with E-state index < -0.39 is 0 Å². The van der Waals surface area contributed by atoms with Gasteiger partial charge in [0.1, 0.15) is 0 Å². The molecule has 0 saturated heterocycles. The monoisotopic (exact) mass is 575 g/mol. The van der Waals surface area contributed by atoms with Crippen LogP contribution in [0.1, 0.15) is 46.2 Å². The summed E-state index contributed by atoms with van der Waals surface area (Å²) in [6.45, 7) is 2.29. The van der Waals surface area contributed by atoms with Crippen LogP contribution in [0.25, 0.3) is 26.1 Å². The van der Waals surface area contributed by atoms with E-state index in [9.17, 15) is 0 Å². The maximum atomic E-state index is 2.37. The number of hydrogen-bond acceptors (Lipinski definition) is 0. The fourth-order valence-electron chi connectivity index (χ4n) is 5.74. The third-order valence-electron chi connectivity index (χ3n) is 7.48. The molecule has 1 aliphatic carbocycles. The van der Waals surface area contributed by atoms with Crippen LogP contribution in [-0.4, -0.2) is 0 Å². The predicted molar refractivity (Wildman–Crippen MR) is 162 cm³/mol. The zero-order chi connectivity index (χ0) is 26.6. The van der Waals surface area contributed by atoms with Gasteiger partial charge in [0.25, 0.3) is 0 Å². The third-order valence-corrected chi connectivity index (χ3v) is 8.80. The van der Waals surface area contributed by atoms with Crippen molar-refractivity contribution in [2.45, 2.75) is 12.8 Å². The zero-order valence-corrected chi connectivity index (χ0v) is 24.5. The second kappa shape index (κ2) is 11.5. The molecule has 1 atom stereocenters. The molecule has 0 nitrogen and oxygen atoms in total. The second-order valence-electron chi connectivity index (χ2n) is 9.95. The summed E-state index contributed by atoms with van der Waals surface area (Å²) in [5.74, 6) is 0.164. The van der Waals surface area contributed by atoms with E-state index in [2.05, 4.69) is 159 Å². The van der Waals surface area contributed by atoms with Gasteiger partial charge in [-0.05, 0) is 0 Å². The molecular weight excluding hydrogens is 548 g/mol. The van der Waals surface area contributed by atoms with Crippen LogP contribution in [0.3, 0.4) is 0 Å². The summed E-state index contributed by atoms with van der Waals surface area (Å²) >= 11 is 1.39. The van der Waals surface area contributed by atoms with Gasteiger partial charge >= 0.3 is 248 Å². The first-order valence-electron chi connectivity index (χ1n) is 13.4. The average molecular weight is 577 g/mol. The number of fused-ring (bicyclic) bond motifs is 1. The minimum atomic E-state index is 0.164. The van der Waals surface area contributed by atoms with Crippen LogP contribution in [0, 0.1) is 0 Å². The third kappa shape index (κ3) is 5.12. The summed E-state index contributed by atoms with van der Waals surface area (Å²) in [7, 11) is 0. The first-order valence-corrected chi connectivity index (χ1v) is 14.6. The van der Waals surface area contributed by atoms with Gasteiger partial charge in [-0.15, -0.1) is 0 Å². The van der Waals surface area contributed by atoms with Crippen molar-refractivity contribution in [3.63, 3.8) is 0 Å². The van der Waals surface area contributed by atoms with Crippen molar-refractivity contribution in [3.05, 3.63) is 185 Å². The summed E-state index contributed by atoms with van der Waals surface area (Å²) < 4.78 is 1.36. The fraction of sp³-hybridized carbons (Fsp3) is 0.0526. The summed E-state index contributed by atoms with van der Waals surface area (Å²) in [4.78, 5) is 0. The van der Waals surface area contributed by atoms with E-state index in [0.29, 0.717) is 0 Å². The van der Waals surface area contributed by atoms with Gasteiger partial charge in [-0.25, -0.2) is 0 Å². The SMILES string of the molecule is CC1=Cc2ccccc2C1C(=C(C(=[C]([Zr])c1ccccc1)c1ccccc1)c1ccccc1)c1ccccc1. The van der Waals surface area contributed by atoms with Crippen molar-refractivity contribution in [2.24, 2.45) is 0 Å². The molecule has 0 fully saturated rings. The van der Waals surface area contributed by atoms with Crippen molar-refractivity contribution in [1.82, 2.24) is 0 Å². The summed E-state index contributed by atoms with van der Waals surface area (Å²) in [6.07, 6.45) is 2.37. The van der Waals surface area contributed by atoms with Crippen molar-refractivity contribution in [2.75, 3.05) is 0 Å². The van der Waals surface area contributed by atoms with Crippen molar-refractivity contribution >= 4 is 26.1 Å². The number of allylic oxidation sites excluding steroid dienone is 4. The molecule has 0 aromatic heterocycles. The van der Waals surface area contributed by atoms with E-state index in [-0.39, 0.29) is 5.92 Å². The molecular formula is C38H29Zr. The molecule has 5 aromatic carbocycles. The van der Waals surface area contributed by atoms with Gasteiger partial charge < -0.3 is 0 Å². The first kappa shape index (κ1) is 25.5. The summed E-state index contributed by atoms with van der Waals surface area (Å²) in [6, 6.07) is 52.7. The van der Waals surface area contributed by atoms with Crippen LogP contribution in [-0.2, 0) is 24.7 Å². The average Bonchev–Trinajstić information content (AvgIpc) is 3.34.